The van der Waals surface area contributed by atoms with Gasteiger partial charge >= 0.3 is 0 Å². The van der Waals surface area contributed by atoms with Crippen LogP contribution in [0, 0.1) is 0 Å². The molecule has 4 nitrogen and oxygen atoms in total. The van der Waals surface area contributed by atoms with E-state index in [0.717, 1.165) is 55.7 Å². The zero-order valence-electron chi connectivity index (χ0n) is 28.0. The Kier molecular flexibility index (Phi) is 6.22. The maximum absolute atomic E-state index is 6.15. The highest BCUT2D eigenvalue weighted by Crippen LogP contribution is 2.41. The molecule has 4 heteroatoms. The first-order chi connectivity index (χ1) is 25.8. The number of benzene rings is 8. The fourth-order valence-corrected chi connectivity index (χ4v) is 7.98. The first-order valence-corrected chi connectivity index (χ1v) is 17.6. The van der Waals surface area contributed by atoms with Gasteiger partial charge in [-0.25, -0.2) is 9.97 Å². The van der Waals surface area contributed by atoms with Crippen molar-refractivity contribution in [3.05, 3.63) is 176 Å². The average Bonchev–Trinajstić information content (AvgIpc) is 3.77. The largest absolute Gasteiger partial charge is 0.456 e. The molecule has 52 heavy (non-hydrogen) atoms. The van der Waals surface area contributed by atoms with Crippen LogP contribution >= 0.6 is 0 Å². The Labute approximate surface area is 298 Å². The maximum Gasteiger partial charge on any atom is 0.160 e. The van der Waals surface area contributed by atoms with Crippen LogP contribution in [0.4, 0.5) is 0 Å². The number of hydrogen-bond acceptors (Lipinski definition) is 3. The number of hydrogen-bond donors (Lipinski definition) is 0. The molecule has 0 fully saturated rings. The van der Waals surface area contributed by atoms with E-state index in [4.69, 9.17) is 14.4 Å². The number of fused-ring (bicyclic) bond motifs is 10. The fraction of sp³-hybridized carbons (Fsp3) is 0. The average molecular weight is 664 g/mol. The minimum absolute atomic E-state index is 0.673. The summed E-state index contributed by atoms with van der Waals surface area (Å²) in [5.41, 5.74) is 9.87. The first-order valence-electron chi connectivity index (χ1n) is 17.6. The van der Waals surface area contributed by atoms with Crippen LogP contribution in [-0.2, 0) is 0 Å². The third kappa shape index (κ3) is 4.41. The van der Waals surface area contributed by atoms with Gasteiger partial charge < -0.3 is 8.98 Å². The summed E-state index contributed by atoms with van der Waals surface area (Å²) >= 11 is 0. The molecular formula is C48H29N3O. The fourth-order valence-electron chi connectivity index (χ4n) is 7.98. The van der Waals surface area contributed by atoms with E-state index in [1.807, 2.05) is 24.3 Å². The quantitative estimate of drug-likeness (QED) is 0.188. The smallest absolute Gasteiger partial charge is 0.160 e. The Bertz CT molecular complexity index is 3100. The molecule has 0 spiro atoms. The second-order valence-corrected chi connectivity index (χ2v) is 13.4. The van der Waals surface area contributed by atoms with Crippen molar-refractivity contribution in [3.8, 4) is 39.6 Å². The van der Waals surface area contributed by atoms with Crippen LogP contribution in [0.15, 0.2) is 180 Å². The Morgan fingerprint density at radius 3 is 1.71 bits per heavy atom. The number of aromatic nitrogens is 3. The minimum Gasteiger partial charge on any atom is -0.456 e. The number of nitrogens with zero attached hydrogens (tertiary/aromatic N) is 3. The molecule has 0 aliphatic carbocycles. The van der Waals surface area contributed by atoms with Crippen molar-refractivity contribution < 1.29 is 4.42 Å². The highest BCUT2D eigenvalue weighted by molar-refractivity contribution is 6.28. The summed E-state index contributed by atoms with van der Waals surface area (Å²) in [5, 5.41) is 9.67. The molecule has 11 rings (SSSR count). The predicted molar refractivity (Wildman–Crippen MR) is 215 cm³/mol. The lowest BCUT2D eigenvalue weighted by molar-refractivity contribution is 0.669. The summed E-state index contributed by atoms with van der Waals surface area (Å²) < 4.78 is 8.55. The molecule has 0 saturated heterocycles. The van der Waals surface area contributed by atoms with E-state index in [0.29, 0.717) is 5.82 Å². The first kappa shape index (κ1) is 28.8. The van der Waals surface area contributed by atoms with Crippen LogP contribution in [-0.4, -0.2) is 14.5 Å². The number of para-hydroxylation sites is 1. The minimum atomic E-state index is 0.673. The van der Waals surface area contributed by atoms with Crippen LogP contribution in [0.3, 0.4) is 0 Å². The third-order valence-electron chi connectivity index (χ3n) is 10.4. The molecule has 3 heterocycles. The second-order valence-electron chi connectivity index (χ2n) is 13.4. The normalized spacial score (nSPS) is 11.8. The van der Waals surface area contributed by atoms with E-state index in [1.165, 1.54) is 43.4 Å². The van der Waals surface area contributed by atoms with Crippen molar-refractivity contribution in [2.24, 2.45) is 0 Å². The van der Waals surface area contributed by atoms with Crippen molar-refractivity contribution in [2.75, 3.05) is 0 Å². The topological polar surface area (TPSA) is 43.9 Å². The van der Waals surface area contributed by atoms with E-state index in [2.05, 4.69) is 156 Å². The van der Waals surface area contributed by atoms with Crippen LogP contribution < -0.4 is 0 Å². The van der Waals surface area contributed by atoms with E-state index in [-0.39, 0.29) is 0 Å². The molecule has 0 amide bonds. The van der Waals surface area contributed by atoms with Gasteiger partial charge in [-0.1, -0.05) is 121 Å². The van der Waals surface area contributed by atoms with Crippen molar-refractivity contribution >= 4 is 65.3 Å². The van der Waals surface area contributed by atoms with E-state index in [9.17, 15) is 0 Å². The monoisotopic (exact) mass is 663 g/mol. The highest BCUT2D eigenvalue weighted by Gasteiger charge is 2.19. The lowest BCUT2D eigenvalue weighted by Crippen LogP contribution is -1.98. The molecule has 0 saturated carbocycles. The molecule has 0 bridgehead atoms. The lowest BCUT2D eigenvalue weighted by Gasteiger charge is -2.12. The zero-order chi connectivity index (χ0) is 34.2. The summed E-state index contributed by atoms with van der Waals surface area (Å²) in [4.78, 5) is 10.4. The van der Waals surface area contributed by atoms with Gasteiger partial charge in [-0.3, -0.25) is 0 Å². The lowest BCUT2D eigenvalue weighted by atomic mass is 10.00. The SMILES string of the molecule is c1ccc(-c2cc(-c3ccc4oc5ccccc5c4c3)nc(-c3cccc(-n4c5ccc6ccccc6c5c5c6ccccc6ccc54)c3)n2)cc1. The number of rotatable bonds is 4. The molecule has 3 aromatic heterocycles. The Morgan fingerprint density at radius 1 is 0.385 bits per heavy atom. The highest BCUT2D eigenvalue weighted by atomic mass is 16.3. The third-order valence-corrected chi connectivity index (χ3v) is 10.4. The summed E-state index contributed by atoms with van der Waals surface area (Å²) in [6.45, 7) is 0. The predicted octanol–water partition coefficient (Wildman–Crippen LogP) is 12.8. The number of furan rings is 1. The molecule has 0 N–H and O–H groups in total. The van der Waals surface area contributed by atoms with Gasteiger partial charge in [0.2, 0.25) is 0 Å². The standard InChI is InChI=1S/C48H29N3O/c1-2-13-32(14-3-1)40-29-41(33-23-26-45-39(28-33)38-19-8-9-20-44(38)52-45)50-48(49-40)34-15-10-16-35(27-34)51-42-24-21-30-11-4-6-17-36(30)46(42)47-37-18-7-5-12-31(37)22-25-43(47)51/h1-29H. The van der Waals surface area contributed by atoms with Crippen LogP contribution in [0.25, 0.3) is 105 Å². The Hall–Kier alpha value is -7.04. The van der Waals surface area contributed by atoms with E-state index >= 15 is 0 Å². The zero-order valence-corrected chi connectivity index (χ0v) is 28.0. The van der Waals surface area contributed by atoms with Gasteiger partial charge in [0.25, 0.3) is 0 Å². The summed E-state index contributed by atoms with van der Waals surface area (Å²) in [6, 6.07) is 62.0. The maximum atomic E-state index is 6.15. The Balaban J connectivity index is 1.14. The molecule has 11 aromatic rings. The molecule has 0 aliphatic rings. The van der Waals surface area contributed by atoms with Gasteiger partial charge in [0.05, 0.1) is 22.4 Å². The van der Waals surface area contributed by atoms with Gasteiger partial charge in [0, 0.05) is 43.9 Å². The van der Waals surface area contributed by atoms with Crippen molar-refractivity contribution in [3.63, 3.8) is 0 Å². The summed E-state index contributed by atoms with van der Waals surface area (Å²) in [6.07, 6.45) is 0. The molecule has 0 aliphatic heterocycles. The van der Waals surface area contributed by atoms with E-state index < -0.39 is 0 Å². The van der Waals surface area contributed by atoms with E-state index in [1.54, 1.807) is 0 Å². The van der Waals surface area contributed by atoms with Crippen LogP contribution in [0.1, 0.15) is 0 Å². The van der Waals surface area contributed by atoms with Crippen LogP contribution in [0.5, 0.6) is 0 Å². The molecule has 242 valence electrons. The molecule has 8 aromatic carbocycles. The molecule has 0 unspecified atom stereocenters. The molecule has 0 radical (unpaired) electrons. The summed E-state index contributed by atoms with van der Waals surface area (Å²) in [7, 11) is 0. The van der Waals surface area contributed by atoms with Gasteiger partial charge in [-0.15, -0.1) is 0 Å². The molecule has 0 atom stereocenters. The van der Waals surface area contributed by atoms with Crippen LogP contribution in [0.2, 0.25) is 0 Å². The van der Waals surface area contributed by atoms with Gasteiger partial charge in [-0.05, 0) is 76.1 Å². The summed E-state index contributed by atoms with van der Waals surface area (Å²) in [5.74, 6) is 0.673. The van der Waals surface area contributed by atoms with Gasteiger partial charge in [0.15, 0.2) is 5.82 Å². The van der Waals surface area contributed by atoms with Crippen molar-refractivity contribution in [1.29, 1.82) is 0 Å². The van der Waals surface area contributed by atoms with Gasteiger partial charge in [0.1, 0.15) is 11.2 Å². The Morgan fingerprint density at radius 2 is 0.981 bits per heavy atom. The van der Waals surface area contributed by atoms with Gasteiger partial charge in [-0.2, -0.15) is 0 Å². The second kappa shape index (κ2) is 11.2. The van der Waals surface area contributed by atoms with Crippen molar-refractivity contribution in [2.45, 2.75) is 0 Å². The molecular weight excluding hydrogens is 635 g/mol. The van der Waals surface area contributed by atoms with Crippen molar-refractivity contribution in [1.82, 2.24) is 14.5 Å².